The normalized spacial score (nSPS) is 16.2. The molecule has 1 aliphatic heterocycles. The Labute approximate surface area is 165 Å². The lowest BCUT2D eigenvalue weighted by molar-refractivity contribution is 0.686. The van der Waals surface area contributed by atoms with Crippen LogP contribution in [0.4, 0.5) is 5.69 Å². The minimum absolute atomic E-state index is 0.421. The van der Waals surface area contributed by atoms with Gasteiger partial charge in [-0.05, 0) is 43.0 Å². The molecular formula is C18H18Cl2N4OS. The summed E-state index contributed by atoms with van der Waals surface area (Å²) in [6, 6.07) is 15.4. The van der Waals surface area contributed by atoms with Crippen molar-refractivity contribution in [2.45, 2.75) is 19.3 Å². The largest absolute Gasteiger partial charge is 0.366 e. The Morgan fingerprint density at radius 2 is 1.62 bits per heavy atom. The summed E-state index contributed by atoms with van der Waals surface area (Å²) in [7, 11) is 0. The number of nitrogens with zero attached hydrogens (tertiary/aromatic N) is 2. The second-order valence-corrected chi connectivity index (χ2v) is 7.46. The molecule has 0 aromatic heterocycles. The van der Waals surface area contributed by atoms with Crippen molar-refractivity contribution in [3.8, 4) is 0 Å². The van der Waals surface area contributed by atoms with Crippen molar-refractivity contribution in [3.63, 3.8) is 0 Å². The van der Waals surface area contributed by atoms with Crippen molar-refractivity contribution in [1.82, 2.24) is 5.32 Å². The van der Waals surface area contributed by atoms with E-state index in [1.165, 1.54) is 5.56 Å². The molecule has 8 heteroatoms. The number of unbranched alkanes of at least 4 members (excludes halogenated alkanes) is 1. The molecule has 2 N–H and O–H groups in total. The molecule has 5 nitrogen and oxygen atoms in total. The predicted octanol–water partition coefficient (Wildman–Crippen LogP) is 4.41. The molecule has 0 radical (unpaired) electrons. The lowest BCUT2D eigenvalue weighted by Gasteiger charge is -2.10. The molecule has 0 spiro atoms. The molecule has 26 heavy (non-hydrogen) atoms. The summed E-state index contributed by atoms with van der Waals surface area (Å²) < 4.78 is 19.7. The van der Waals surface area contributed by atoms with Crippen LogP contribution >= 0.6 is 23.2 Å². The molecule has 0 saturated heterocycles. The van der Waals surface area contributed by atoms with Crippen molar-refractivity contribution >= 4 is 51.7 Å². The average molecular weight is 409 g/mol. The van der Waals surface area contributed by atoms with Crippen LogP contribution in [-0.4, -0.2) is 22.4 Å². The first-order valence-corrected chi connectivity index (χ1v) is 10.0. The summed E-state index contributed by atoms with van der Waals surface area (Å²) in [5.41, 5.74) is 1.99. The summed E-state index contributed by atoms with van der Waals surface area (Å²) in [5.74, 6) is 0.906. The first kappa shape index (κ1) is 18.9. The summed E-state index contributed by atoms with van der Waals surface area (Å²) >= 11 is 10.4. The van der Waals surface area contributed by atoms with E-state index in [2.05, 4.69) is 31.6 Å². The van der Waals surface area contributed by atoms with Gasteiger partial charge in [0.2, 0.25) is 0 Å². The van der Waals surface area contributed by atoms with Crippen LogP contribution in [0.3, 0.4) is 0 Å². The van der Waals surface area contributed by atoms with E-state index < -0.39 is 11.2 Å². The van der Waals surface area contributed by atoms with Gasteiger partial charge in [0.1, 0.15) is 0 Å². The van der Waals surface area contributed by atoms with Gasteiger partial charge in [-0.2, -0.15) is 0 Å². The van der Waals surface area contributed by atoms with Crippen LogP contribution in [0.5, 0.6) is 0 Å². The highest BCUT2D eigenvalue weighted by atomic mass is 35.5. The fraction of sp³-hybridized carbons (Fsp3) is 0.222. The van der Waals surface area contributed by atoms with E-state index in [-0.39, 0.29) is 0 Å². The van der Waals surface area contributed by atoms with Crippen molar-refractivity contribution in [2.75, 3.05) is 11.9 Å². The Kier molecular flexibility index (Phi) is 6.66. The zero-order valence-electron chi connectivity index (χ0n) is 13.9. The second kappa shape index (κ2) is 9.16. The van der Waals surface area contributed by atoms with Crippen molar-refractivity contribution in [3.05, 3.63) is 64.1 Å². The van der Waals surface area contributed by atoms with E-state index in [4.69, 9.17) is 23.2 Å². The molecule has 0 amide bonds. The summed E-state index contributed by atoms with van der Waals surface area (Å²) in [5, 5.41) is 7.27. The minimum Gasteiger partial charge on any atom is -0.366 e. The van der Waals surface area contributed by atoms with E-state index in [1.54, 1.807) is 18.2 Å². The van der Waals surface area contributed by atoms with Gasteiger partial charge in [0.25, 0.3) is 11.2 Å². The smallest absolute Gasteiger partial charge is 0.269 e. The summed E-state index contributed by atoms with van der Waals surface area (Å²) in [4.78, 5) is 0. The molecule has 0 aliphatic carbocycles. The monoisotopic (exact) mass is 408 g/mol. The summed E-state index contributed by atoms with van der Waals surface area (Å²) in [6.45, 7) is 0.722. The van der Waals surface area contributed by atoms with E-state index in [1.807, 2.05) is 18.2 Å². The van der Waals surface area contributed by atoms with E-state index in [9.17, 15) is 4.21 Å². The molecule has 2 aromatic rings. The van der Waals surface area contributed by atoms with E-state index in [0.717, 1.165) is 25.8 Å². The van der Waals surface area contributed by atoms with Gasteiger partial charge in [0.15, 0.2) is 11.7 Å². The molecule has 0 bridgehead atoms. The Hall–Kier alpha value is -1.89. The Balaban J connectivity index is 1.50. The van der Waals surface area contributed by atoms with Crippen molar-refractivity contribution < 1.29 is 4.21 Å². The van der Waals surface area contributed by atoms with Crippen molar-refractivity contribution in [1.29, 1.82) is 0 Å². The van der Waals surface area contributed by atoms with Gasteiger partial charge in [-0.15, -0.1) is 8.80 Å². The number of hydrogen-bond donors (Lipinski definition) is 2. The quantitative estimate of drug-likeness (QED) is 0.695. The molecule has 3 rings (SSSR count). The van der Waals surface area contributed by atoms with E-state index in [0.29, 0.717) is 27.4 Å². The van der Waals surface area contributed by atoms with Gasteiger partial charge in [-0.1, -0.05) is 53.5 Å². The number of nitrogens with one attached hydrogen (secondary N) is 2. The number of aryl methyl sites for hydroxylation is 1. The first-order chi connectivity index (χ1) is 12.6. The third kappa shape index (κ3) is 5.56. The van der Waals surface area contributed by atoms with Gasteiger partial charge in [-0.3, -0.25) is 0 Å². The van der Waals surface area contributed by atoms with Crippen LogP contribution in [0, 0.1) is 0 Å². The molecule has 1 unspecified atom stereocenters. The fourth-order valence-corrected chi connectivity index (χ4v) is 3.69. The maximum Gasteiger partial charge on any atom is 0.269 e. The number of anilines is 1. The highest BCUT2D eigenvalue weighted by Gasteiger charge is 2.19. The number of benzene rings is 2. The molecular weight excluding hydrogens is 391 g/mol. The lowest BCUT2D eigenvalue weighted by atomic mass is 10.1. The van der Waals surface area contributed by atoms with Gasteiger partial charge in [0, 0.05) is 22.3 Å². The first-order valence-electron chi connectivity index (χ1n) is 8.21. The number of rotatable bonds is 6. The SMILES string of the molecule is O=S1N=C(NCCCCc2ccccc2)C(Nc2cc(Cl)cc(Cl)c2)=N1. The third-order valence-corrected chi connectivity index (χ3v) is 4.83. The number of amidine groups is 2. The highest BCUT2D eigenvalue weighted by Crippen LogP contribution is 2.23. The molecule has 1 heterocycles. The van der Waals surface area contributed by atoms with Crippen LogP contribution in [-0.2, 0) is 17.6 Å². The van der Waals surface area contributed by atoms with E-state index >= 15 is 0 Å². The molecule has 0 saturated carbocycles. The number of halogens is 2. The fourth-order valence-electron chi connectivity index (χ4n) is 2.53. The van der Waals surface area contributed by atoms with Crippen LogP contribution in [0.1, 0.15) is 18.4 Å². The highest BCUT2D eigenvalue weighted by molar-refractivity contribution is 7.83. The van der Waals surface area contributed by atoms with Crippen LogP contribution in [0.25, 0.3) is 0 Å². The molecule has 1 atom stereocenters. The third-order valence-electron chi connectivity index (χ3n) is 3.72. The standard InChI is InChI=1S/C18H18Cl2N4OS/c19-14-10-15(20)12-16(11-14)22-18-17(23-26(25)24-18)21-9-5-4-8-13-6-2-1-3-7-13/h1-3,6-7,10-12H,4-5,8-9H2,(H,21,23)(H,22,24). The molecule has 2 aromatic carbocycles. The lowest BCUT2D eigenvalue weighted by Crippen LogP contribution is -2.34. The Morgan fingerprint density at radius 3 is 2.35 bits per heavy atom. The molecule has 1 aliphatic rings. The Morgan fingerprint density at radius 1 is 0.923 bits per heavy atom. The zero-order chi connectivity index (χ0) is 18.4. The van der Waals surface area contributed by atoms with Gasteiger partial charge in [-0.25, -0.2) is 4.21 Å². The second-order valence-electron chi connectivity index (χ2n) is 5.76. The minimum atomic E-state index is -1.62. The van der Waals surface area contributed by atoms with Crippen molar-refractivity contribution in [2.24, 2.45) is 8.80 Å². The zero-order valence-corrected chi connectivity index (χ0v) is 16.2. The predicted molar refractivity (Wildman–Crippen MR) is 110 cm³/mol. The van der Waals surface area contributed by atoms with Crippen LogP contribution in [0.15, 0.2) is 57.3 Å². The maximum absolute atomic E-state index is 11.7. The average Bonchev–Trinajstić information content (AvgIpc) is 2.94. The maximum atomic E-state index is 11.7. The topological polar surface area (TPSA) is 65.8 Å². The summed E-state index contributed by atoms with van der Waals surface area (Å²) in [6.07, 6.45) is 3.05. The molecule has 0 fully saturated rings. The Bertz CT molecular complexity index is 835. The van der Waals surface area contributed by atoms with Crippen LogP contribution < -0.4 is 10.6 Å². The van der Waals surface area contributed by atoms with Crippen LogP contribution in [0.2, 0.25) is 10.0 Å². The van der Waals surface area contributed by atoms with Gasteiger partial charge < -0.3 is 10.6 Å². The number of hydrogen-bond acceptors (Lipinski definition) is 3. The molecule has 136 valence electrons. The van der Waals surface area contributed by atoms with Gasteiger partial charge in [0.05, 0.1) is 0 Å². The van der Waals surface area contributed by atoms with Gasteiger partial charge >= 0.3 is 0 Å².